The van der Waals surface area contributed by atoms with E-state index in [-0.39, 0.29) is 10.9 Å². The Kier molecular flexibility index (Phi) is 6.45. The second-order valence-corrected chi connectivity index (χ2v) is 8.81. The van der Waals surface area contributed by atoms with Crippen molar-refractivity contribution in [3.63, 3.8) is 0 Å². The van der Waals surface area contributed by atoms with Gasteiger partial charge in [-0.2, -0.15) is 0 Å². The van der Waals surface area contributed by atoms with Gasteiger partial charge in [0.25, 0.3) is 5.91 Å². The molecule has 0 aliphatic heterocycles. The third-order valence-corrected chi connectivity index (χ3v) is 5.97. The zero-order valence-electron chi connectivity index (χ0n) is 19.3. The highest BCUT2D eigenvalue weighted by molar-refractivity contribution is 7.80. The monoisotopic (exact) mass is 517 g/mol. The summed E-state index contributed by atoms with van der Waals surface area (Å²) in [5.41, 5.74) is 4.55. The van der Waals surface area contributed by atoms with E-state index >= 15 is 0 Å². The zero-order valence-corrected chi connectivity index (χ0v) is 20.9. The lowest BCUT2D eigenvalue weighted by molar-refractivity contribution is 0.0951. The Morgan fingerprint density at radius 3 is 2.53 bits per heavy atom. The second-order valence-electron chi connectivity index (χ2n) is 7.96. The minimum atomic E-state index is -0.464. The smallest absolute Gasteiger partial charge is 0.293 e. The number of halogens is 1. The van der Waals surface area contributed by atoms with Crippen LogP contribution in [0.25, 0.3) is 33.9 Å². The number of hydrogen-bond donors (Lipinski definition) is 2. The zero-order chi connectivity index (χ0) is 25.2. The summed E-state index contributed by atoms with van der Waals surface area (Å²) in [6.07, 6.45) is 0. The van der Waals surface area contributed by atoms with Crippen LogP contribution in [0, 0.1) is 6.92 Å². The van der Waals surface area contributed by atoms with Crippen LogP contribution in [0.2, 0.25) is 5.02 Å². The molecule has 0 saturated carbocycles. The Hall–Kier alpha value is -4.14. The van der Waals surface area contributed by atoms with Crippen LogP contribution in [0.5, 0.6) is 5.75 Å². The summed E-state index contributed by atoms with van der Waals surface area (Å²) >= 11 is 11.3. The number of aromatic nitrogens is 1. The van der Waals surface area contributed by atoms with Crippen LogP contribution in [0.1, 0.15) is 16.1 Å². The third-order valence-electron chi connectivity index (χ3n) is 5.51. The molecule has 7 nitrogen and oxygen atoms in total. The lowest BCUT2D eigenvalue weighted by Crippen LogP contribution is -2.34. The molecule has 2 aromatic heterocycles. The van der Waals surface area contributed by atoms with Crippen molar-refractivity contribution in [1.82, 2.24) is 10.3 Å². The number of nitrogens with zero attached hydrogens (tertiary/aromatic N) is 1. The number of thiocarbonyl (C=S) groups is 1. The highest BCUT2D eigenvalue weighted by Crippen LogP contribution is 2.30. The molecule has 0 fully saturated rings. The fourth-order valence-corrected chi connectivity index (χ4v) is 3.92. The first-order valence-corrected chi connectivity index (χ1v) is 11.7. The average molecular weight is 518 g/mol. The predicted molar refractivity (Wildman–Crippen MR) is 144 cm³/mol. The summed E-state index contributed by atoms with van der Waals surface area (Å²) in [6, 6.07) is 21.6. The van der Waals surface area contributed by atoms with Gasteiger partial charge in [0.05, 0.1) is 7.11 Å². The number of amides is 1. The Balaban J connectivity index is 1.29. The van der Waals surface area contributed by atoms with E-state index in [4.69, 9.17) is 37.4 Å². The van der Waals surface area contributed by atoms with Gasteiger partial charge in [-0.15, -0.1) is 0 Å². The highest BCUT2D eigenvalue weighted by atomic mass is 35.5. The average Bonchev–Trinajstić information content (AvgIpc) is 3.53. The van der Waals surface area contributed by atoms with Gasteiger partial charge >= 0.3 is 0 Å². The van der Waals surface area contributed by atoms with E-state index < -0.39 is 5.91 Å². The summed E-state index contributed by atoms with van der Waals surface area (Å²) in [7, 11) is 1.60. The number of aryl methyl sites for hydroxylation is 1. The molecule has 0 saturated heterocycles. The second kappa shape index (κ2) is 9.85. The van der Waals surface area contributed by atoms with Crippen molar-refractivity contribution in [2.45, 2.75) is 6.92 Å². The molecule has 0 aliphatic rings. The van der Waals surface area contributed by atoms with Gasteiger partial charge in [-0.25, -0.2) is 4.98 Å². The van der Waals surface area contributed by atoms with Crippen molar-refractivity contribution in [1.29, 1.82) is 0 Å². The largest absolute Gasteiger partial charge is 0.497 e. The number of benzene rings is 3. The number of furan rings is 1. The molecule has 0 radical (unpaired) electrons. The van der Waals surface area contributed by atoms with Gasteiger partial charge in [0, 0.05) is 27.9 Å². The minimum Gasteiger partial charge on any atom is -0.497 e. The van der Waals surface area contributed by atoms with Crippen LogP contribution in [-0.2, 0) is 0 Å². The van der Waals surface area contributed by atoms with E-state index in [1.54, 1.807) is 31.4 Å². The van der Waals surface area contributed by atoms with Gasteiger partial charge in [-0.05, 0) is 85.4 Å². The van der Waals surface area contributed by atoms with E-state index in [0.717, 1.165) is 16.7 Å². The summed E-state index contributed by atoms with van der Waals surface area (Å²) in [6.45, 7) is 1.93. The molecule has 0 unspecified atom stereocenters. The summed E-state index contributed by atoms with van der Waals surface area (Å²) in [5.74, 6) is 1.38. The summed E-state index contributed by atoms with van der Waals surface area (Å²) in [5, 5.41) is 6.48. The van der Waals surface area contributed by atoms with Crippen LogP contribution in [-0.4, -0.2) is 23.1 Å². The molecule has 5 aromatic rings. The molecule has 0 aliphatic carbocycles. The summed E-state index contributed by atoms with van der Waals surface area (Å²) in [4.78, 5) is 17.2. The van der Waals surface area contributed by atoms with Gasteiger partial charge in [0.1, 0.15) is 17.0 Å². The van der Waals surface area contributed by atoms with Gasteiger partial charge in [0.15, 0.2) is 16.5 Å². The molecule has 180 valence electrons. The molecular weight excluding hydrogens is 498 g/mol. The summed E-state index contributed by atoms with van der Waals surface area (Å²) < 4.78 is 16.9. The first kappa shape index (κ1) is 23.6. The number of carbonyl (C=O) groups is 1. The molecule has 1 amide bonds. The van der Waals surface area contributed by atoms with Crippen molar-refractivity contribution in [2.24, 2.45) is 0 Å². The first-order valence-electron chi connectivity index (χ1n) is 10.9. The number of anilines is 1. The number of methoxy groups -OCH3 is 1. The fraction of sp³-hybridized carbons (Fsp3) is 0.0741. The van der Waals surface area contributed by atoms with E-state index in [2.05, 4.69) is 15.6 Å². The number of nitrogens with one attached hydrogen (secondary N) is 2. The SMILES string of the molecule is COc1ccc2oc(-c3ccc(C)c(NC(=S)NC(=O)c4ccc(-c5ccc(Cl)cc5)o4)c3)nc2c1. The van der Waals surface area contributed by atoms with Crippen molar-refractivity contribution >= 4 is 51.6 Å². The van der Waals surface area contributed by atoms with Crippen LogP contribution in [0.3, 0.4) is 0 Å². The Morgan fingerprint density at radius 1 is 0.972 bits per heavy atom. The molecule has 2 N–H and O–H groups in total. The number of fused-ring (bicyclic) bond motifs is 1. The van der Waals surface area contributed by atoms with Gasteiger partial charge in [0.2, 0.25) is 5.89 Å². The number of hydrogen-bond acceptors (Lipinski definition) is 6. The first-order chi connectivity index (χ1) is 17.4. The van der Waals surface area contributed by atoms with Crippen LogP contribution < -0.4 is 15.4 Å². The molecule has 36 heavy (non-hydrogen) atoms. The Bertz CT molecular complexity index is 1590. The third kappa shape index (κ3) is 4.95. The molecule has 5 rings (SSSR count). The van der Waals surface area contributed by atoms with Crippen molar-refractivity contribution < 1.29 is 18.4 Å². The maximum atomic E-state index is 12.7. The molecule has 0 atom stereocenters. The van der Waals surface area contributed by atoms with E-state index in [9.17, 15) is 4.79 Å². The maximum absolute atomic E-state index is 12.7. The standard InChI is InChI=1S/C27H20ClN3O4S/c1-15-3-4-17(26-29-21-14-19(33-2)9-10-23(21)35-26)13-20(15)30-27(36)31-25(32)24-12-11-22(34-24)16-5-7-18(28)8-6-16/h3-14H,1-2H3,(H2,30,31,32,36). The fourth-order valence-electron chi connectivity index (χ4n) is 3.59. The van der Waals surface area contributed by atoms with Crippen molar-refractivity contribution in [2.75, 3.05) is 12.4 Å². The van der Waals surface area contributed by atoms with Gasteiger partial charge < -0.3 is 18.9 Å². The minimum absolute atomic E-state index is 0.131. The highest BCUT2D eigenvalue weighted by Gasteiger charge is 2.15. The molecule has 3 aromatic carbocycles. The number of rotatable bonds is 5. The molecular formula is C27H20ClN3O4S. The van der Waals surface area contributed by atoms with Crippen LogP contribution >= 0.6 is 23.8 Å². The molecule has 0 spiro atoms. The number of ether oxygens (including phenoxy) is 1. The van der Waals surface area contributed by atoms with Gasteiger partial charge in [-0.3, -0.25) is 10.1 Å². The van der Waals surface area contributed by atoms with Crippen LogP contribution in [0.4, 0.5) is 5.69 Å². The van der Waals surface area contributed by atoms with Crippen molar-refractivity contribution in [3.8, 4) is 28.5 Å². The molecule has 9 heteroatoms. The van der Waals surface area contributed by atoms with E-state index in [1.807, 2.05) is 55.5 Å². The molecule has 2 heterocycles. The topological polar surface area (TPSA) is 89.5 Å². The number of oxazole rings is 1. The van der Waals surface area contributed by atoms with Crippen LogP contribution in [0.15, 0.2) is 81.6 Å². The van der Waals surface area contributed by atoms with Gasteiger partial charge in [-0.1, -0.05) is 17.7 Å². The lowest BCUT2D eigenvalue weighted by atomic mass is 10.1. The normalized spacial score (nSPS) is 10.9. The Labute approximate surface area is 217 Å². The van der Waals surface area contributed by atoms with Crippen molar-refractivity contribution in [3.05, 3.63) is 89.1 Å². The predicted octanol–water partition coefficient (Wildman–Crippen LogP) is 6.85. The lowest BCUT2D eigenvalue weighted by Gasteiger charge is -2.12. The maximum Gasteiger partial charge on any atom is 0.293 e. The quantitative estimate of drug-likeness (QED) is 0.246. The number of carbonyl (C=O) groups excluding carboxylic acids is 1. The Morgan fingerprint density at radius 2 is 1.75 bits per heavy atom. The van der Waals surface area contributed by atoms with E-state index in [0.29, 0.717) is 39.2 Å². The van der Waals surface area contributed by atoms with E-state index in [1.165, 1.54) is 0 Å². The molecule has 0 bridgehead atoms.